The SMILES string of the molecule is CNc1cc(C)ncc1C(=O)NCCC1CCCO1. The molecule has 1 saturated heterocycles. The Labute approximate surface area is 113 Å². The smallest absolute Gasteiger partial charge is 0.254 e. The summed E-state index contributed by atoms with van der Waals surface area (Å²) in [5.41, 5.74) is 2.28. The van der Waals surface area contributed by atoms with Crippen LogP contribution < -0.4 is 10.6 Å². The van der Waals surface area contributed by atoms with Crippen molar-refractivity contribution < 1.29 is 9.53 Å². The molecule has 1 aliphatic rings. The number of amides is 1. The summed E-state index contributed by atoms with van der Waals surface area (Å²) in [5.74, 6) is -0.0881. The number of hydrogen-bond donors (Lipinski definition) is 2. The van der Waals surface area contributed by atoms with Crippen LogP contribution in [0.2, 0.25) is 0 Å². The predicted octanol–water partition coefficient (Wildman–Crippen LogP) is 1.73. The number of nitrogens with zero attached hydrogens (tertiary/aromatic N) is 1. The number of aryl methyl sites for hydroxylation is 1. The quantitative estimate of drug-likeness (QED) is 0.849. The first-order valence-electron chi connectivity index (χ1n) is 6.75. The highest BCUT2D eigenvalue weighted by Crippen LogP contribution is 2.16. The molecule has 0 aliphatic carbocycles. The summed E-state index contributed by atoms with van der Waals surface area (Å²) in [7, 11) is 1.80. The number of aromatic nitrogens is 1. The van der Waals surface area contributed by atoms with E-state index in [0.29, 0.717) is 18.2 Å². The van der Waals surface area contributed by atoms with Crippen molar-refractivity contribution in [1.82, 2.24) is 10.3 Å². The summed E-state index contributed by atoms with van der Waals surface area (Å²) >= 11 is 0. The van der Waals surface area contributed by atoms with E-state index in [1.54, 1.807) is 13.2 Å². The van der Waals surface area contributed by atoms with Crippen LogP contribution in [0.25, 0.3) is 0 Å². The number of pyridine rings is 1. The Kier molecular flexibility index (Phi) is 4.74. The van der Waals surface area contributed by atoms with Crippen molar-refractivity contribution >= 4 is 11.6 Å². The number of carbonyl (C=O) groups is 1. The zero-order chi connectivity index (χ0) is 13.7. The zero-order valence-corrected chi connectivity index (χ0v) is 11.5. The molecule has 0 bridgehead atoms. The van der Waals surface area contributed by atoms with Crippen molar-refractivity contribution in [3.05, 3.63) is 23.5 Å². The van der Waals surface area contributed by atoms with Crippen molar-refractivity contribution in [1.29, 1.82) is 0 Å². The van der Waals surface area contributed by atoms with E-state index >= 15 is 0 Å². The van der Waals surface area contributed by atoms with Crippen LogP contribution in [0.15, 0.2) is 12.3 Å². The van der Waals surface area contributed by atoms with Crippen LogP contribution in [0.4, 0.5) is 5.69 Å². The van der Waals surface area contributed by atoms with Crippen LogP contribution in [0.5, 0.6) is 0 Å². The van der Waals surface area contributed by atoms with Gasteiger partial charge >= 0.3 is 0 Å². The van der Waals surface area contributed by atoms with Gasteiger partial charge in [0.1, 0.15) is 0 Å². The maximum Gasteiger partial charge on any atom is 0.254 e. The fourth-order valence-electron chi connectivity index (χ4n) is 2.26. The van der Waals surface area contributed by atoms with E-state index in [1.165, 1.54) is 0 Å². The van der Waals surface area contributed by atoms with Crippen molar-refractivity contribution in [2.45, 2.75) is 32.3 Å². The second-order valence-electron chi connectivity index (χ2n) is 4.80. The van der Waals surface area contributed by atoms with Crippen LogP contribution in [0.1, 0.15) is 35.3 Å². The number of ether oxygens (including phenoxy) is 1. The molecule has 1 atom stereocenters. The highest BCUT2D eigenvalue weighted by Gasteiger charge is 2.16. The van der Waals surface area contributed by atoms with Crippen LogP contribution in [0, 0.1) is 6.92 Å². The minimum Gasteiger partial charge on any atom is -0.387 e. The number of nitrogens with one attached hydrogen (secondary N) is 2. The molecule has 0 saturated carbocycles. The summed E-state index contributed by atoms with van der Waals surface area (Å²) in [6, 6.07) is 1.87. The molecule has 0 radical (unpaired) electrons. The molecule has 1 aromatic heterocycles. The summed E-state index contributed by atoms with van der Waals surface area (Å²) in [5, 5.41) is 5.94. The molecular formula is C14H21N3O2. The van der Waals surface area contributed by atoms with E-state index in [1.807, 2.05) is 13.0 Å². The first-order valence-corrected chi connectivity index (χ1v) is 6.75. The number of carbonyl (C=O) groups excluding carboxylic acids is 1. The molecule has 19 heavy (non-hydrogen) atoms. The van der Waals surface area contributed by atoms with E-state index in [0.717, 1.165) is 37.3 Å². The van der Waals surface area contributed by atoms with Gasteiger partial charge in [0.25, 0.3) is 5.91 Å². The lowest BCUT2D eigenvalue weighted by atomic mass is 10.1. The average Bonchev–Trinajstić information content (AvgIpc) is 2.91. The Hall–Kier alpha value is -1.62. The van der Waals surface area contributed by atoms with Crippen LogP contribution in [-0.2, 0) is 4.74 Å². The lowest BCUT2D eigenvalue weighted by molar-refractivity contribution is 0.0907. The van der Waals surface area contributed by atoms with Crippen LogP contribution >= 0.6 is 0 Å². The molecule has 2 rings (SSSR count). The van der Waals surface area contributed by atoms with Crippen LogP contribution in [0.3, 0.4) is 0 Å². The molecule has 0 spiro atoms. The lowest BCUT2D eigenvalue weighted by Gasteiger charge is -2.12. The first-order chi connectivity index (χ1) is 9.20. The molecule has 5 heteroatoms. The fraction of sp³-hybridized carbons (Fsp3) is 0.571. The van der Waals surface area contributed by atoms with Gasteiger partial charge in [0.2, 0.25) is 0 Å². The van der Waals surface area contributed by atoms with Crippen molar-refractivity contribution in [3.63, 3.8) is 0 Å². The van der Waals surface area contributed by atoms with E-state index in [4.69, 9.17) is 4.74 Å². The highest BCUT2D eigenvalue weighted by atomic mass is 16.5. The Balaban J connectivity index is 1.88. The monoisotopic (exact) mass is 263 g/mol. The second-order valence-corrected chi connectivity index (χ2v) is 4.80. The minimum atomic E-state index is -0.0881. The first kappa shape index (κ1) is 13.8. The maximum absolute atomic E-state index is 12.1. The third-order valence-electron chi connectivity index (χ3n) is 3.33. The van der Waals surface area contributed by atoms with Crippen molar-refractivity contribution in [2.24, 2.45) is 0 Å². The molecule has 1 aromatic rings. The molecule has 1 unspecified atom stereocenters. The van der Waals surface area contributed by atoms with E-state index < -0.39 is 0 Å². The number of anilines is 1. The third kappa shape index (κ3) is 3.67. The molecule has 2 heterocycles. The van der Waals surface area contributed by atoms with Gasteiger partial charge in [-0.3, -0.25) is 9.78 Å². The Bertz CT molecular complexity index is 442. The second kappa shape index (κ2) is 6.52. The fourth-order valence-corrected chi connectivity index (χ4v) is 2.26. The summed E-state index contributed by atoms with van der Waals surface area (Å²) in [6.45, 7) is 3.39. The summed E-state index contributed by atoms with van der Waals surface area (Å²) in [4.78, 5) is 16.2. The molecule has 0 aromatic carbocycles. The van der Waals surface area contributed by atoms with E-state index in [9.17, 15) is 4.79 Å². The molecule has 104 valence electrons. The maximum atomic E-state index is 12.1. The van der Waals surface area contributed by atoms with Gasteiger partial charge in [0.05, 0.1) is 17.4 Å². The van der Waals surface area contributed by atoms with Gasteiger partial charge in [-0.2, -0.15) is 0 Å². The normalized spacial score (nSPS) is 18.3. The summed E-state index contributed by atoms with van der Waals surface area (Å²) in [6.07, 6.45) is 5.02. The van der Waals surface area contributed by atoms with Crippen molar-refractivity contribution in [3.8, 4) is 0 Å². The summed E-state index contributed by atoms with van der Waals surface area (Å²) < 4.78 is 5.53. The Morgan fingerprint density at radius 1 is 1.58 bits per heavy atom. The van der Waals surface area contributed by atoms with Gasteiger partial charge in [-0.05, 0) is 32.3 Å². The van der Waals surface area contributed by atoms with Gasteiger partial charge in [0.15, 0.2) is 0 Å². The topological polar surface area (TPSA) is 63.2 Å². The molecular weight excluding hydrogens is 242 g/mol. The largest absolute Gasteiger partial charge is 0.387 e. The minimum absolute atomic E-state index is 0.0881. The molecule has 1 aliphatic heterocycles. The van der Waals surface area contributed by atoms with E-state index in [2.05, 4.69) is 15.6 Å². The van der Waals surface area contributed by atoms with Gasteiger partial charge in [-0.1, -0.05) is 0 Å². The van der Waals surface area contributed by atoms with Gasteiger partial charge < -0.3 is 15.4 Å². The lowest BCUT2D eigenvalue weighted by Crippen LogP contribution is -2.27. The molecule has 1 fully saturated rings. The van der Waals surface area contributed by atoms with E-state index in [-0.39, 0.29) is 5.91 Å². The van der Waals surface area contributed by atoms with Gasteiger partial charge in [-0.25, -0.2) is 0 Å². The standard InChI is InChI=1S/C14H21N3O2/c1-10-8-13(15-2)12(9-17-10)14(18)16-6-5-11-4-3-7-19-11/h8-9,11H,3-7H2,1-2H3,(H,15,17)(H,16,18). The predicted molar refractivity (Wildman–Crippen MR) is 74.4 cm³/mol. The molecule has 1 amide bonds. The number of rotatable bonds is 5. The molecule has 5 nitrogen and oxygen atoms in total. The zero-order valence-electron chi connectivity index (χ0n) is 11.5. The highest BCUT2D eigenvalue weighted by molar-refractivity contribution is 5.99. The Morgan fingerprint density at radius 3 is 3.11 bits per heavy atom. The Morgan fingerprint density at radius 2 is 2.42 bits per heavy atom. The van der Waals surface area contributed by atoms with Crippen molar-refractivity contribution in [2.75, 3.05) is 25.5 Å². The third-order valence-corrected chi connectivity index (χ3v) is 3.33. The van der Waals surface area contributed by atoms with Gasteiger partial charge in [-0.15, -0.1) is 0 Å². The van der Waals surface area contributed by atoms with Gasteiger partial charge in [0, 0.05) is 32.1 Å². The van der Waals surface area contributed by atoms with Crippen LogP contribution in [-0.4, -0.2) is 37.2 Å². The molecule has 2 N–H and O–H groups in total. The number of hydrogen-bond acceptors (Lipinski definition) is 4. The average molecular weight is 263 g/mol.